The molecule has 8 heteroatoms. The number of nitrogens with zero attached hydrogens (tertiary/aromatic N) is 1. The van der Waals surface area contributed by atoms with E-state index in [0.29, 0.717) is 5.02 Å². The van der Waals surface area contributed by atoms with Gasteiger partial charge in [0.05, 0.1) is 5.02 Å². The lowest BCUT2D eigenvalue weighted by atomic mass is 10.2. The van der Waals surface area contributed by atoms with Gasteiger partial charge in [-0.15, -0.1) is 0 Å². The quantitative estimate of drug-likeness (QED) is 0.902. The molecule has 3 rings (SSSR count). The zero-order valence-corrected chi connectivity index (χ0v) is 12.5. The summed E-state index contributed by atoms with van der Waals surface area (Å²) in [6.07, 6.45) is 1.70. The monoisotopic (exact) mass is 339 g/mol. The Kier molecular flexibility index (Phi) is 4.04. The maximum atomic E-state index is 13.8. The van der Waals surface area contributed by atoms with E-state index in [1.165, 1.54) is 18.3 Å². The topological polar surface area (TPSA) is 65.2 Å². The van der Waals surface area contributed by atoms with Crippen LogP contribution in [0.15, 0.2) is 30.5 Å². The van der Waals surface area contributed by atoms with Crippen LogP contribution in [0.25, 0.3) is 0 Å². The van der Waals surface area contributed by atoms with Crippen LogP contribution >= 0.6 is 11.6 Å². The number of hydrogen-bond donors (Lipinski definition) is 2. The van der Waals surface area contributed by atoms with Gasteiger partial charge >= 0.3 is 0 Å². The molecule has 1 atom stereocenters. The number of para-hydroxylation sites is 1. The molecule has 1 aromatic carbocycles. The zero-order chi connectivity index (χ0) is 16.6. The van der Waals surface area contributed by atoms with Crippen molar-refractivity contribution < 1.29 is 18.4 Å². The van der Waals surface area contributed by atoms with Crippen molar-refractivity contribution in [1.29, 1.82) is 0 Å². The molecular weight excluding hydrogens is 328 g/mol. The van der Waals surface area contributed by atoms with Crippen molar-refractivity contribution in [3.8, 4) is 0 Å². The van der Waals surface area contributed by atoms with Crippen LogP contribution in [0.2, 0.25) is 5.02 Å². The van der Waals surface area contributed by atoms with Gasteiger partial charge in [-0.3, -0.25) is 9.59 Å². The highest BCUT2D eigenvalue weighted by atomic mass is 35.5. The fourth-order valence-electron chi connectivity index (χ4n) is 2.52. The van der Waals surface area contributed by atoms with E-state index in [1.54, 1.807) is 0 Å². The van der Waals surface area contributed by atoms with Gasteiger partial charge < -0.3 is 15.2 Å². The molecule has 23 heavy (non-hydrogen) atoms. The maximum absolute atomic E-state index is 13.8. The largest absolute Gasteiger partial charge is 0.356 e. The van der Waals surface area contributed by atoms with Crippen molar-refractivity contribution in [3.63, 3.8) is 0 Å². The molecule has 2 heterocycles. The van der Waals surface area contributed by atoms with E-state index in [-0.39, 0.29) is 18.7 Å². The van der Waals surface area contributed by atoms with Crippen LogP contribution < -0.4 is 10.2 Å². The Labute approximate surface area is 135 Å². The van der Waals surface area contributed by atoms with E-state index in [4.69, 9.17) is 11.6 Å². The van der Waals surface area contributed by atoms with Crippen LogP contribution in [-0.2, 0) is 4.79 Å². The minimum absolute atomic E-state index is 0.118. The summed E-state index contributed by atoms with van der Waals surface area (Å²) < 4.78 is 27.6. The van der Waals surface area contributed by atoms with Crippen LogP contribution in [0.3, 0.4) is 0 Å². The van der Waals surface area contributed by atoms with Gasteiger partial charge in [-0.2, -0.15) is 0 Å². The Morgan fingerprint density at radius 1 is 1.35 bits per heavy atom. The summed E-state index contributed by atoms with van der Waals surface area (Å²) in [6, 6.07) is 3.97. The van der Waals surface area contributed by atoms with Crippen molar-refractivity contribution in [2.24, 2.45) is 0 Å². The summed E-state index contributed by atoms with van der Waals surface area (Å²) in [4.78, 5) is 28.0. The molecule has 0 saturated carbocycles. The van der Waals surface area contributed by atoms with Gasteiger partial charge in [0.25, 0.3) is 5.91 Å². The number of amides is 2. The molecule has 0 spiro atoms. The highest BCUT2D eigenvalue weighted by Crippen LogP contribution is 2.27. The van der Waals surface area contributed by atoms with Crippen LogP contribution in [0.4, 0.5) is 14.5 Å². The van der Waals surface area contributed by atoms with E-state index < -0.39 is 35.2 Å². The van der Waals surface area contributed by atoms with Gasteiger partial charge in [0, 0.05) is 12.7 Å². The number of aromatic nitrogens is 1. The SMILES string of the molecule is O=C(NC1CCN(c2c(F)cccc2F)C1=O)c1cc(Cl)c[nH]1. The predicted octanol–water partition coefficient (Wildman–Crippen LogP) is 2.48. The van der Waals surface area contributed by atoms with E-state index >= 15 is 0 Å². The third-order valence-corrected chi connectivity index (χ3v) is 3.83. The average molecular weight is 340 g/mol. The highest BCUT2D eigenvalue weighted by molar-refractivity contribution is 6.31. The second-order valence-corrected chi connectivity index (χ2v) is 5.54. The summed E-state index contributed by atoms with van der Waals surface area (Å²) in [7, 11) is 0. The predicted molar refractivity (Wildman–Crippen MR) is 80.4 cm³/mol. The van der Waals surface area contributed by atoms with Crippen LogP contribution in [0, 0.1) is 11.6 Å². The fraction of sp³-hybridized carbons (Fsp3) is 0.200. The van der Waals surface area contributed by atoms with Gasteiger partial charge in [0.1, 0.15) is 29.1 Å². The lowest BCUT2D eigenvalue weighted by Gasteiger charge is -2.18. The van der Waals surface area contributed by atoms with E-state index in [2.05, 4.69) is 10.3 Å². The standard InChI is InChI=1S/C15H12ClF2N3O2/c16-8-6-12(19-7-8)14(22)20-11-4-5-21(15(11)23)13-9(17)2-1-3-10(13)18/h1-3,6-7,11,19H,4-5H2,(H,20,22). The van der Waals surface area contributed by atoms with Gasteiger partial charge in [-0.05, 0) is 24.6 Å². The van der Waals surface area contributed by atoms with Crippen molar-refractivity contribution in [2.45, 2.75) is 12.5 Å². The number of anilines is 1. The second kappa shape index (κ2) is 6.00. The number of carbonyl (C=O) groups is 2. The molecular formula is C15H12ClF2N3O2. The molecule has 0 aliphatic carbocycles. The van der Waals surface area contributed by atoms with Crippen LogP contribution in [-0.4, -0.2) is 29.4 Å². The molecule has 1 fully saturated rings. The average Bonchev–Trinajstić information content (AvgIpc) is 3.08. The molecule has 2 amide bonds. The fourth-order valence-corrected chi connectivity index (χ4v) is 2.68. The number of carbonyl (C=O) groups excluding carboxylic acids is 2. The maximum Gasteiger partial charge on any atom is 0.268 e. The Morgan fingerprint density at radius 3 is 2.65 bits per heavy atom. The number of aromatic amines is 1. The molecule has 0 bridgehead atoms. The Hall–Kier alpha value is -2.41. The van der Waals surface area contributed by atoms with Crippen molar-refractivity contribution in [3.05, 3.63) is 52.8 Å². The normalized spacial score (nSPS) is 17.6. The molecule has 1 unspecified atom stereocenters. The summed E-state index contributed by atoms with van der Waals surface area (Å²) >= 11 is 5.72. The Balaban J connectivity index is 1.75. The van der Waals surface area contributed by atoms with Crippen molar-refractivity contribution >= 4 is 29.1 Å². The molecule has 1 aliphatic rings. The molecule has 2 aromatic rings. The summed E-state index contributed by atoms with van der Waals surface area (Å²) in [5, 5.41) is 2.90. The number of H-pyrrole nitrogens is 1. The number of rotatable bonds is 3. The molecule has 1 aromatic heterocycles. The minimum atomic E-state index is -0.844. The lowest BCUT2D eigenvalue weighted by Crippen LogP contribution is -2.42. The summed E-state index contributed by atoms with van der Waals surface area (Å²) in [5.74, 6) is -2.70. The Bertz CT molecular complexity index is 758. The first-order chi connectivity index (χ1) is 11.0. The van der Waals surface area contributed by atoms with Crippen molar-refractivity contribution in [1.82, 2.24) is 10.3 Å². The number of halogens is 3. The number of benzene rings is 1. The molecule has 2 N–H and O–H groups in total. The smallest absolute Gasteiger partial charge is 0.268 e. The van der Waals surface area contributed by atoms with Gasteiger partial charge in [-0.25, -0.2) is 8.78 Å². The first kappa shape index (κ1) is 15.5. The summed E-state index contributed by atoms with van der Waals surface area (Å²) in [6.45, 7) is 0.118. The van der Waals surface area contributed by atoms with Crippen LogP contribution in [0.1, 0.15) is 16.9 Å². The highest BCUT2D eigenvalue weighted by Gasteiger charge is 2.36. The van der Waals surface area contributed by atoms with Crippen LogP contribution in [0.5, 0.6) is 0 Å². The third kappa shape index (κ3) is 2.92. The molecule has 1 aliphatic heterocycles. The molecule has 5 nitrogen and oxygen atoms in total. The number of hydrogen-bond acceptors (Lipinski definition) is 2. The Morgan fingerprint density at radius 2 is 2.04 bits per heavy atom. The third-order valence-electron chi connectivity index (χ3n) is 3.61. The van der Waals surface area contributed by atoms with Gasteiger partial charge in [-0.1, -0.05) is 17.7 Å². The summed E-state index contributed by atoms with van der Waals surface area (Å²) in [5.41, 5.74) is -0.185. The van der Waals surface area contributed by atoms with Gasteiger partial charge in [0.2, 0.25) is 5.91 Å². The van der Waals surface area contributed by atoms with E-state index in [1.807, 2.05) is 0 Å². The first-order valence-electron chi connectivity index (χ1n) is 6.87. The van der Waals surface area contributed by atoms with E-state index in [9.17, 15) is 18.4 Å². The first-order valence-corrected chi connectivity index (χ1v) is 7.25. The zero-order valence-electron chi connectivity index (χ0n) is 11.8. The number of nitrogens with one attached hydrogen (secondary N) is 2. The molecule has 0 radical (unpaired) electrons. The molecule has 120 valence electrons. The lowest BCUT2D eigenvalue weighted by molar-refractivity contribution is -0.118. The molecule has 1 saturated heterocycles. The minimum Gasteiger partial charge on any atom is -0.356 e. The van der Waals surface area contributed by atoms with Crippen molar-refractivity contribution in [2.75, 3.05) is 11.4 Å². The van der Waals surface area contributed by atoms with E-state index in [0.717, 1.165) is 17.0 Å². The van der Waals surface area contributed by atoms with Gasteiger partial charge in [0.15, 0.2) is 0 Å². The second-order valence-electron chi connectivity index (χ2n) is 5.11.